The van der Waals surface area contributed by atoms with Crippen LogP contribution in [0.5, 0.6) is 5.75 Å². The van der Waals surface area contributed by atoms with Crippen LogP contribution in [-0.2, 0) is 13.0 Å². The Morgan fingerprint density at radius 3 is 2.58 bits per heavy atom. The van der Waals surface area contributed by atoms with Gasteiger partial charge in [-0.2, -0.15) is 13.2 Å². The maximum atomic E-state index is 13.6. The minimum Gasteiger partial charge on any atom is -0.492 e. The summed E-state index contributed by atoms with van der Waals surface area (Å²) in [5.41, 5.74) is 4.57. The number of alkyl halides is 3. The number of hydrogen-bond acceptors (Lipinski definition) is 6. The third-order valence-corrected chi connectivity index (χ3v) is 5.17. The minimum atomic E-state index is -4.62. The molecule has 3 heterocycles. The standard InChI is InChI=1S/C22H24F3N7O/c23-22(24,25)19-14-28-20(31-21(19,26)8-7-17-13-27-15-29-17)30-16-3-5-18(6-4-16)33-12-11-32-9-1-2-10-32/h1-6,9-10,13-15H,7-8,11-12,26H2,(H,27,29)(H2,28,30,31). The number of nitrogens with one attached hydrogen (secondary N) is 3. The minimum absolute atomic E-state index is 0.0540. The zero-order chi connectivity index (χ0) is 23.3. The number of guanidine groups is 1. The van der Waals surface area contributed by atoms with E-state index in [0.717, 1.165) is 12.7 Å². The predicted octanol–water partition coefficient (Wildman–Crippen LogP) is 3.40. The number of nitrogens with zero attached hydrogens (tertiary/aromatic N) is 3. The zero-order valence-electron chi connectivity index (χ0n) is 17.6. The van der Waals surface area contributed by atoms with Crippen molar-refractivity contribution in [2.75, 3.05) is 11.9 Å². The smallest absolute Gasteiger partial charge is 0.417 e. The molecule has 8 nitrogen and oxygen atoms in total. The average molecular weight is 459 g/mol. The van der Waals surface area contributed by atoms with Crippen LogP contribution in [0.2, 0.25) is 0 Å². The van der Waals surface area contributed by atoms with Gasteiger partial charge in [0, 0.05) is 36.2 Å². The number of imidazole rings is 1. The van der Waals surface area contributed by atoms with Gasteiger partial charge in [-0.1, -0.05) is 0 Å². The monoisotopic (exact) mass is 459 g/mol. The number of aliphatic imine (C=N–C) groups is 1. The maximum absolute atomic E-state index is 13.6. The molecular weight excluding hydrogens is 435 g/mol. The topological polar surface area (TPSA) is 105 Å². The first-order valence-electron chi connectivity index (χ1n) is 10.3. The maximum Gasteiger partial charge on any atom is 0.417 e. The Labute approximate surface area is 188 Å². The molecule has 174 valence electrons. The number of rotatable bonds is 8. The quantitative estimate of drug-likeness (QED) is 0.413. The average Bonchev–Trinajstić information content (AvgIpc) is 3.47. The van der Waals surface area contributed by atoms with Crippen LogP contribution in [-0.4, -0.2) is 38.9 Å². The Morgan fingerprint density at radius 1 is 1.15 bits per heavy atom. The molecule has 0 saturated carbocycles. The first-order chi connectivity index (χ1) is 15.8. The first-order valence-corrected chi connectivity index (χ1v) is 10.3. The van der Waals surface area contributed by atoms with Crippen molar-refractivity contribution < 1.29 is 17.9 Å². The molecule has 0 fully saturated rings. The highest BCUT2D eigenvalue weighted by Gasteiger charge is 2.48. The van der Waals surface area contributed by atoms with Crippen molar-refractivity contribution in [1.29, 1.82) is 0 Å². The molecule has 2 aromatic heterocycles. The molecule has 3 aromatic rings. The highest BCUT2D eigenvalue weighted by molar-refractivity contribution is 5.95. The van der Waals surface area contributed by atoms with Crippen LogP contribution in [0.15, 0.2) is 78.1 Å². The summed E-state index contributed by atoms with van der Waals surface area (Å²) in [6.45, 7) is 1.23. The van der Waals surface area contributed by atoms with Gasteiger partial charge in [-0.25, -0.2) is 9.98 Å². The third-order valence-electron chi connectivity index (χ3n) is 5.17. The summed E-state index contributed by atoms with van der Waals surface area (Å²) in [5, 5.41) is 5.53. The van der Waals surface area contributed by atoms with Crippen LogP contribution >= 0.6 is 0 Å². The number of ether oxygens (including phenoxy) is 1. The number of H-pyrrole nitrogens is 1. The number of anilines is 1. The van der Waals surface area contributed by atoms with Gasteiger partial charge in [0.15, 0.2) is 0 Å². The van der Waals surface area contributed by atoms with Crippen molar-refractivity contribution in [2.45, 2.75) is 31.2 Å². The van der Waals surface area contributed by atoms with Gasteiger partial charge in [0.05, 0.1) is 18.4 Å². The van der Waals surface area contributed by atoms with Gasteiger partial charge >= 0.3 is 6.18 Å². The van der Waals surface area contributed by atoms with Gasteiger partial charge in [-0.05, 0) is 49.2 Å². The molecule has 0 saturated heterocycles. The van der Waals surface area contributed by atoms with Crippen molar-refractivity contribution >= 4 is 11.6 Å². The summed E-state index contributed by atoms with van der Waals surface area (Å²) in [4.78, 5) is 10.9. The summed E-state index contributed by atoms with van der Waals surface area (Å²) < 4.78 is 48.5. The molecule has 0 spiro atoms. The van der Waals surface area contributed by atoms with E-state index in [1.807, 2.05) is 29.1 Å². The van der Waals surface area contributed by atoms with Gasteiger partial charge in [-0.3, -0.25) is 0 Å². The van der Waals surface area contributed by atoms with Gasteiger partial charge in [0.1, 0.15) is 18.0 Å². The van der Waals surface area contributed by atoms with E-state index in [2.05, 4.69) is 25.6 Å². The lowest BCUT2D eigenvalue weighted by Crippen LogP contribution is -2.51. The summed E-state index contributed by atoms with van der Waals surface area (Å²) in [7, 11) is 0. The Balaban J connectivity index is 1.40. The molecule has 1 aliphatic heterocycles. The fourth-order valence-corrected chi connectivity index (χ4v) is 3.45. The summed E-state index contributed by atoms with van der Waals surface area (Å²) in [6, 6.07) is 10.9. The molecular formula is C22H24F3N7O. The highest BCUT2D eigenvalue weighted by atomic mass is 19.4. The number of aryl methyl sites for hydroxylation is 1. The van der Waals surface area contributed by atoms with Crippen LogP contribution in [0.4, 0.5) is 18.9 Å². The molecule has 0 aliphatic carbocycles. The van der Waals surface area contributed by atoms with Crippen molar-refractivity contribution in [2.24, 2.45) is 10.7 Å². The molecule has 0 bridgehead atoms. The third kappa shape index (κ3) is 5.75. The summed E-state index contributed by atoms with van der Waals surface area (Å²) in [5.74, 6) is 0.801. The molecule has 1 unspecified atom stereocenters. The molecule has 1 aromatic carbocycles. The molecule has 1 aliphatic rings. The lowest BCUT2D eigenvalue weighted by Gasteiger charge is -2.33. The van der Waals surface area contributed by atoms with Gasteiger partial charge in [-0.15, -0.1) is 0 Å². The molecule has 0 radical (unpaired) electrons. The van der Waals surface area contributed by atoms with E-state index in [4.69, 9.17) is 10.5 Å². The van der Waals surface area contributed by atoms with Crippen molar-refractivity contribution in [3.8, 4) is 5.75 Å². The fraction of sp³-hybridized carbons (Fsp3) is 0.273. The lowest BCUT2D eigenvalue weighted by molar-refractivity contribution is -0.101. The number of aromatic amines is 1. The van der Waals surface area contributed by atoms with Crippen LogP contribution < -0.4 is 21.1 Å². The summed E-state index contributed by atoms with van der Waals surface area (Å²) >= 11 is 0. The Hall–Kier alpha value is -3.73. The molecule has 0 amide bonds. The highest BCUT2D eigenvalue weighted by Crippen LogP contribution is 2.37. The molecule has 33 heavy (non-hydrogen) atoms. The molecule has 5 N–H and O–H groups in total. The van der Waals surface area contributed by atoms with Gasteiger partial charge in [0.2, 0.25) is 5.96 Å². The fourth-order valence-electron chi connectivity index (χ4n) is 3.45. The van der Waals surface area contributed by atoms with Crippen LogP contribution in [0.25, 0.3) is 0 Å². The van der Waals surface area contributed by atoms with E-state index >= 15 is 0 Å². The van der Waals surface area contributed by atoms with Crippen molar-refractivity contribution in [1.82, 2.24) is 19.9 Å². The first kappa shape index (κ1) is 22.5. The molecule has 4 rings (SSSR count). The number of nitrogens with two attached hydrogens (primary N) is 1. The van der Waals surface area contributed by atoms with Gasteiger partial charge < -0.3 is 30.7 Å². The SMILES string of the molecule is NC1(CCc2cnc[nH]2)N=C(Nc2ccc(OCCn3cccc3)cc2)NC=C1C(F)(F)F. The summed E-state index contributed by atoms with van der Waals surface area (Å²) in [6.07, 6.45) is 3.37. The second-order valence-corrected chi connectivity index (χ2v) is 7.58. The van der Waals surface area contributed by atoms with Crippen LogP contribution in [0.1, 0.15) is 12.1 Å². The molecule has 11 heteroatoms. The van der Waals surface area contributed by atoms with E-state index in [9.17, 15) is 13.2 Å². The Kier molecular flexibility index (Phi) is 6.40. The van der Waals surface area contributed by atoms with E-state index in [1.165, 1.54) is 6.33 Å². The molecule has 1 atom stereocenters. The number of aromatic nitrogens is 3. The van der Waals surface area contributed by atoms with E-state index in [0.29, 0.717) is 23.7 Å². The largest absolute Gasteiger partial charge is 0.492 e. The normalized spacial score (nSPS) is 18.3. The van der Waals surface area contributed by atoms with E-state index in [1.54, 1.807) is 30.5 Å². The van der Waals surface area contributed by atoms with Crippen LogP contribution in [0, 0.1) is 0 Å². The lowest BCUT2D eigenvalue weighted by atomic mass is 9.94. The zero-order valence-corrected chi connectivity index (χ0v) is 17.6. The van der Waals surface area contributed by atoms with Crippen molar-refractivity contribution in [3.63, 3.8) is 0 Å². The Bertz CT molecular complexity index is 1090. The van der Waals surface area contributed by atoms with Crippen molar-refractivity contribution in [3.05, 3.63) is 78.8 Å². The Morgan fingerprint density at radius 2 is 1.91 bits per heavy atom. The number of hydrogen-bond donors (Lipinski definition) is 4. The van der Waals surface area contributed by atoms with Crippen LogP contribution in [0.3, 0.4) is 0 Å². The van der Waals surface area contributed by atoms with Gasteiger partial charge in [0.25, 0.3) is 0 Å². The van der Waals surface area contributed by atoms with E-state index in [-0.39, 0.29) is 18.8 Å². The van der Waals surface area contributed by atoms with E-state index < -0.39 is 17.4 Å². The second kappa shape index (κ2) is 9.41. The number of halogens is 3. The second-order valence-electron chi connectivity index (χ2n) is 7.58. The predicted molar refractivity (Wildman–Crippen MR) is 119 cm³/mol. The number of benzene rings is 1.